The van der Waals surface area contributed by atoms with Crippen molar-refractivity contribution in [3.63, 3.8) is 0 Å². The van der Waals surface area contributed by atoms with Crippen LogP contribution in [0.4, 0.5) is 0 Å². The van der Waals surface area contributed by atoms with E-state index in [4.69, 9.17) is 0 Å². The zero-order valence-corrected chi connectivity index (χ0v) is 8.03. The summed E-state index contributed by atoms with van der Waals surface area (Å²) in [4.78, 5) is 0. The van der Waals surface area contributed by atoms with E-state index in [9.17, 15) is 0 Å². The Labute approximate surface area is 88.4 Å². The second-order valence-electron chi connectivity index (χ2n) is 0. The van der Waals surface area contributed by atoms with Crippen molar-refractivity contribution in [1.29, 1.82) is 0 Å². The Hall–Kier alpha value is 2.79. The van der Waals surface area contributed by atoms with Gasteiger partial charge in [-0.2, -0.15) is 0 Å². The fraction of sp³-hybridized carbons (Fsp3) is 0. The molecule has 4 heteroatoms. The van der Waals surface area contributed by atoms with Crippen molar-refractivity contribution in [3.8, 4) is 0 Å². The first-order valence-electron chi connectivity index (χ1n) is 0. The van der Waals surface area contributed by atoms with E-state index in [0.717, 1.165) is 0 Å². The SMILES string of the molecule is [K].[Mg].[N].[P]. The summed E-state index contributed by atoms with van der Waals surface area (Å²) in [7, 11) is 0. The van der Waals surface area contributed by atoms with Crippen molar-refractivity contribution >= 4 is 84.3 Å². The summed E-state index contributed by atoms with van der Waals surface area (Å²) in [6.45, 7) is 0. The van der Waals surface area contributed by atoms with E-state index in [2.05, 4.69) is 0 Å². The van der Waals surface area contributed by atoms with Gasteiger partial charge in [0.15, 0.2) is 0 Å². The van der Waals surface area contributed by atoms with Crippen molar-refractivity contribution in [1.82, 2.24) is 6.15 Å². The molecule has 0 aliphatic heterocycles. The third kappa shape index (κ3) is 8.84. The smallest absolute Gasteiger partial charge is 0 e. The van der Waals surface area contributed by atoms with Crippen LogP contribution < -0.4 is 6.15 Å². The normalized spacial score (nSPS) is 0. The first-order chi connectivity index (χ1) is 0. The van der Waals surface area contributed by atoms with Crippen LogP contribution in [-0.2, 0) is 0 Å². The Morgan fingerprint density at radius 2 is 1.00 bits per heavy atom. The molecule has 0 amide bonds. The minimum Gasteiger partial charge on any atom is 0 e. The van der Waals surface area contributed by atoms with E-state index in [1.54, 1.807) is 0 Å². The molecule has 0 aliphatic rings. The first kappa shape index (κ1) is 29.2. The fourth-order valence-corrected chi connectivity index (χ4v) is 0. The van der Waals surface area contributed by atoms with E-state index < -0.39 is 0 Å². The molecule has 0 saturated heterocycles. The van der Waals surface area contributed by atoms with Crippen LogP contribution in [0.3, 0.4) is 0 Å². The van der Waals surface area contributed by atoms with Gasteiger partial charge in [0.2, 0.25) is 0 Å². The molecule has 0 rings (SSSR count). The van der Waals surface area contributed by atoms with Gasteiger partial charge in [0, 0.05) is 90.5 Å². The summed E-state index contributed by atoms with van der Waals surface area (Å²) >= 11 is 0. The molecule has 1 nitrogen and oxygen atoms in total. The molecule has 0 bridgehead atoms. The van der Waals surface area contributed by atoms with Crippen LogP contribution in [0.5, 0.6) is 0 Å². The van der Waals surface area contributed by atoms with E-state index in [0.29, 0.717) is 0 Å². The maximum atomic E-state index is 0. The van der Waals surface area contributed by atoms with Crippen LogP contribution in [0.1, 0.15) is 0 Å². The molecular formula is KMgNP. The van der Waals surface area contributed by atoms with Crippen LogP contribution in [0.15, 0.2) is 0 Å². The molecule has 0 spiro atoms. The van der Waals surface area contributed by atoms with Gasteiger partial charge in [0.05, 0.1) is 0 Å². The van der Waals surface area contributed by atoms with Crippen molar-refractivity contribution in [2.45, 2.75) is 0 Å². The van der Waals surface area contributed by atoms with E-state index >= 15 is 0 Å². The van der Waals surface area contributed by atoms with Crippen LogP contribution >= 0.6 is 9.90 Å². The standard InChI is InChI=1S/K.Mg.N.P. The molecule has 0 atom stereocenters. The molecule has 4 heavy (non-hydrogen) atoms. The summed E-state index contributed by atoms with van der Waals surface area (Å²) in [6, 6.07) is 0. The van der Waals surface area contributed by atoms with Gasteiger partial charge in [-0.15, -0.1) is 0 Å². The van der Waals surface area contributed by atoms with Crippen LogP contribution in [0.25, 0.3) is 0 Å². The molecule has 0 saturated carbocycles. The van der Waals surface area contributed by atoms with Gasteiger partial charge in [-0.05, 0) is 0 Å². The van der Waals surface area contributed by atoms with Gasteiger partial charge in [-0.25, -0.2) is 0 Å². The monoisotopic (exact) mass is 108 g/mol. The molecule has 0 aromatic heterocycles. The molecule has 0 unspecified atom stereocenters. The summed E-state index contributed by atoms with van der Waals surface area (Å²) in [5.74, 6) is 0. The van der Waals surface area contributed by atoms with Crippen LogP contribution in [0.2, 0.25) is 0 Å². The predicted octanol–water partition coefficient (Wildman–Crippen LogP) is -0.381. The number of rotatable bonds is 0. The third-order valence-electron chi connectivity index (χ3n) is 0. The number of hydrogen-bond donors (Lipinski definition) is 0. The zero-order valence-electron chi connectivity index (χ0n) is 2.60. The largest absolute Gasteiger partial charge is 0 e. The van der Waals surface area contributed by atoms with Crippen LogP contribution in [-0.4, -0.2) is 74.4 Å². The number of hydrogen-bond acceptors (Lipinski definition) is 0. The average molecular weight is 108 g/mol. The maximum absolute atomic E-state index is 0. The van der Waals surface area contributed by atoms with Crippen molar-refractivity contribution in [2.75, 3.05) is 0 Å². The van der Waals surface area contributed by atoms with Crippen LogP contribution in [0, 0.1) is 0 Å². The summed E-state index contributed by atoms with van der Waals surface area (Å²) in [5, 5.41) is 0. The molecule has 0 heterocycles. The van der Waals surface area contributed by atoms with E-state index in [1.165, 1.54) is 0 Å². The van der Waals surface area contributed by atoms with Gasteiger partial charge < -0.3 is 0 Å². The summed E-state index contributed by atoms with van der Waals surface area (Å²) in [5.41, 5.74) is 0. The Kier molecular flexibility index (Phi) is 125. The molecule has 0 N–H and O–H groups in total. The molecule has 9 radical (unpaired) electrons. The Bertz CT molecular complexity index is 8.00. The van der Waals surface area contributed by atoms with Crippen molar-refractivity contribution in [3.05, 3.63) is 0 Å². The minimum atomic E-state index is 0. The van der Waals surface area contributed by atoms with E-state index in [1.807, 2.05) is 0 Å². The molecule has 0 aromatic carbocycles. The maximum Gasteiger partial charge on any atom is 0 e. The van der Waals surface area contributed by atoms with Gasteiger partial charge >= 0.3 is 0 Å². The summed E-state index contributed by atoms with van der Waals surface area (Å²) in [6.07, 6.45) is 0. The Morgan fingerprint density at radius 1 is 1.00 bits per heavy atom. The molecule has 13 valence electrons. The van der Waals surface area contributed by atoms with Gasteiger partial charge in [0.1, 0.15) is 0 Å². The molecule has 0 fully saturated rings. The third-order valence-corrected chi connectivity index (χ3v) is 0. The minimum absolute atomic E-state index is 0. The van der Waals surface area contributed by atoms with Crippen molar-refractivity contribution in [2.24, 2.45) is 0 Å². The van der Waals surface area contributed by atoms with Gasteiger partial charge in [-0.1, -0.05) is 0 Å². The average Bonchev–Trinajstić information content (AvgIpc) is 0. The topological polar surface area (TPSA) is 30.5 Å². The van der Waals surface area contributed by atoms with Gasteiger partial charge in [-0.3, -0.25) is 0 Å². The Morgan fingerprint density at radius 3 is 1.00 bits per heavy atom. The molecule has 0 aliphatic carbocycles. The van der Waals surface area contributed by atoms with Crippen molar-refractivity contribution < 1.29 is 0 Å². The quantitative estimate of drug-likeness (QED) is 0.299. The zero-order chi connectivity index (χ0) is 0. The Balaban J connectivity index is 0. The second-order valence-corrected chi connectivity index (χ2v) is 0. The number of nitrogens with zero attached hydrogens (tertiary/aromatic N) is 1. The predicted molar refractivity (Wildman–Crippen MR) is 20.6 cm³/mol. The molecular weight excluding hydrogens is 108 g/mol. The second kappa shape index (κ2) is 17.1. The van der Waals surface area contributed by atoms with Gasteiger partial charge in [0.25, 0.3) is 0 Å². The molecule has 0 aromatic rings. The van der Waals surface area contributed by atoms with E-state index in [-0.39, 0.29) is 90.5 Å². The summed E-state index contributed by atoms with van der Waals surface area (Å²) < 4.78 is 0. The fourth-order valence-electron chi connectivity index (χ4n) is 0. The first-order valence-corrected chi connectivity index (χ1v) is 0.